The predicted molar refractivity (Wildman–Crippen MR) is 148 cm³/mol. The Kier molecular flexibility index (Phi) is 6.33. The van der Waals surface area contributed by atoms with Crippen molar-refractivity contribution in [1.82, 2.24) is 29.5 Å². The molecule has 1 aliphatic rings. The van der Waals surface area contributed by atoms with E-state index in [1.807, 2.05) is 23.8 Å². The Morgan fingerprint density at radius 1 is 1.20 bits per heavy atom. The first kappa shape index (κ1) is 26.6. The maximum Gasteiger partial charge on any atom is 0.163 e. The fourth-order valence-electron chi connectivity index (χ4n) is 5.29. The third-order valence-electron chi connectivity index (χ3n) is 7.78. The molecule has 1 aliphatic heterocycles. The number of benzene rings is 2. The number of hydrogen-bond acceptors (Lipinski definition) is 8. The third kappa shape index (κ3) is 4.61. The van der Waals surface area contributed by atoms with Gasteiger partial charge in [-0.25, -0.2) is 9.37 Å². The summed E-state index contributed by atoms with van der Waals surface area (Å²) in [7, 11) is 3.35. The molecule has 0 saturated heterocycles. The van der Waals surface area contributed by atoms with Crippen LogP contribution < -0.4 is 9.47 Å². The lowest BCUT2D eigenvalue weighted by Gasteiger charge is -2.27. The molecule has 6 rings (SSSR count). The number of fused-ring (bicyclic) bond motifs is 2. The monoisotopic (exact) mass is 556 g/mol. The van der Waals surface area contributed by atoms with Crippen LogP contribution in [0.3, 0.4) is 0 Å². The van der Waals surface area contributed by atoms with Gasteiger partial charge in [-0.15, -0.1) is 10.2 Å². The van der Waals surface area contributed by atoms with Gasteiger partial charge in [-0.3, -0.25) is 9.48 Å². The van der Waals surface area contributed by atoms with Gasteiger partial charge in [-0.05, 0) is 62.7 Å². The molecule has 0 amide bonds. The quantitative estimate of drug-likeness (QED) is 0.280. The number of ketones is 1. The van der Waals surface area contributed by atoms with Crippen LogP contribution >= 0.6 is 0 Å². The molecule has 0 saturated carbocycles. The molecule has 11 heteroatoms. The van der Waals surface area contributed by atoms with Gasteiger partial charge in [0.05, 0.1) is 12.8 Å². The van der Waals surface area contributed by atoms with Crippen molar-refractivity contribution in [2.75, 3.05) is 13.7 Å². The minimum absolute atomic E-state index is 0.0613. The lowest BCUT2D eigenvalue weighted by Crippen LogP contribution is -2.33. The first-order valence-electron chi connectivity index (χ1n) is 13.2. The number of methoxy groups -OCH3 is 1. The fraction of sp³-hybridized carbons (Fsp3) is 0.300. The summed E-state index contributed by atoms with van der Waals surface area (Å²) in [5.74, 6) is 0.534. The molecular formula is C30H29FN6O4. The third-order valence-corrected chi connectivity index (χ3v) is 7.78. The average molecular weight is 557 g/mol. The van der Waals surface area contributed by atoms with E-state index in [1.165, 1.54) is 19.2 Å². The lowest BCUT2D eigenvalue weighted by atomic mass is 9.87. The Morgan fingerprint density at radius 3 is 2.63 bits per heavy atom. The molecule has 210 valence electrons. The fourth-order valence-corrected chi connectivity index (χ4v) is 5.29. The summed E-state index contributed by atoms with van der Waals surface area (Å²) in [6, 6.07) is 11.2. The molecule has 0 unspecified atom stereocenters. The molecule has 0 bridgehead atoms. The summed E-state index contributed by atoms with van der Waals surface area (Å²) < 4.78 is 28.9. The molecule has 3 aromatic heterocycles. The van der Waals surface area contributed by atoms with Crippen molar-refractivity contribution >= 4 is 16.7 Å². The average Bonchev–Trinajstić information content (AvgIpc) is 3.71. The van der Waals surface area contributed by atoms with Crippen molar-refractivity contribution in [1.29, 1.82) is 0 Å². The van der Waals surface area contributed by atoms with Crippen LogP contribution in [-0.4, -0.2) is 54.1 Å². The number of ether oxygens (including phenoxy) is 2. The number of Topliss-reactive ketones (excluding diaryl/α,β-unsaturated/α-hetero) is 1. The minimum atomic E-state index is -1.47. The topological polar surface area (TPSA) is 117 Å². The number of aromatic nitrogens is 6. The molecule has 2 aromatic carbocycles. The summed E-state index contributed by atoms with van der Waals surface area (Å²) in [6.07, 6.45) is 5.22. The highest BCUT2D eigenvalue weighted by Crippen LogP contribution is 2.46. The minimum Gasteiger partial charge on any atom is -0.494 e. The number of carbonyl (C=O) groups is 1. The number of halogens is 1. The Morgan fingerprint density at radius 2 is 1.93 bits per heavy atom. The molecule has 10 nitrogen and oxygen atoms in total. The van der Waals surface area contributed by atoms with Crippen LogP contribution in [0.1, 0.15) is 48.3 Å². The zero-order chi connectivity index (χ0) is 28.9. The molecule has 0 spiro atoms. The molecule has 4 heterocycles. The van der Waals surface area contributed by atoms with Crippen LogP contribution in [-0.2, 0) is 18.2 Å². The smallest absolute Gasteiger partial charge is 0.163 e. The Balaban J connectivity index is 1.36. The van der Waals surface area contributed by atoms with Gasteiger partial charge in [0, 0.05) is 41.7 Å². The molecule has 2 atom stereocenters. The van der Waals surface area contributed by atoms with Crippen molar-refractivity contribution in [3.05, 3.63) is 84.0 Å². The standard InChI is InChI=1S/C30H29FN6O4/c1-29(37-16-32-33-17-37)15-41-28-22(29)13-25(34-27(28)18-5-7-21(31)8-6-18)30(2,39)10-9-23(38)19-11-20-14-36(3)35-26(20)24(12-19)40-4/h5-8,11-14,16-17,39H,9-10,15H2,1-4H3/t29-,30-/m0/s1. The number of carbonyl (C=O) groups excluding carboxylic acids is 1. The first-order valence-corrected chi connectivity index (χ1v) is 13.2. The number of aryl methyl sites for hydroxylation is 1. The predicted octanol–water partition coefficient (Wildman–Crippen LogP) is 4.40. The van der Waals surface area contributed by atoms with Crippen molar-refractivity contribution in [3.63, 3.8) is 0 Å². The van der Waals surface area contributed by atoms with E-state index in [1.54, 1.807) is 55.6 Å². The number of hydrogen-bond donors (Lipinski definition) is 1. The zero-order valence-corrected chi connectivity index (χ0v) is 23.1. The maximum atomic E-state index is 13.8. The van der Waals surface area contributed by atoms with Gasteiger partial charge < -0.3 is 19.1 Å². The Bertz CT molecular complexity index is 1760. The highest BCUT2D eigenvalue weighted by atomic mass is 19.1. The summed E-state index contributed by atoms with van der Waals surface area (Å²) in [5, 5.41) is 24.8. The number of aliphatic hydroxyl groups is 1. The van der Waals surface area contributed by atoms with Crippen LogP contribution in [0.2, 0.25) is 0 Å². The van der Waals surface area contributed by atoms with Crippen LogP contribution in [0.15, 0.2) is 61.3 Å². The first-order chi connectivity index (χ1) is 19.6. The normalized spacial score (nSPS) is 17.7. The Hall–Kier alpha value is -4.64. The highest BCUT2D eigenvalue weighted by molar-refractivity contribution is 6.01. The van der Waals surface area contributed by atoms with Crippen molar-refractivity contribution in [2.24, 2.45) is 7.05 Å². The molecule has 41 heavy (non-hydrogen) atoms. The maximum absolute atomic E-state index is 13.8. The number of pyridine rings is 1. The van der Waals surface area contributed by atoms with Gasteiger partial charge in [0.15, 0.2) is 11.5 Å². The van der Waals surface area contributed by atoms with E-state index < -0.39 is 11.1 Å². The van der Waals surface area contributed by atoms with Crippen LogP contribution in [0.4, 0.5) is 4.39 Å². The van der Waals surface area contributed by atoms with E-state index in [0.29, 0.717) is 46.1 Å². The summed E-state index contributed by atoms with van der Waals surface area (Å²) >= 11 is 0. The van der Waals surface area contributed by atoms with E-state index in [0.717, 1.165) is 10.9 Å². The summed E-state index contributed by atoms with van der Waals surface area (Å²) in [4.78, 5) is 18.1. The Labute approximate surface area is 235 Å². The van der Waals surface area contributed by atoms with Crippen LogP contribution in [0.25, 0.3) is 22.2 Å². The molecule has 0 radical (unpaired) electrons. The van der Waals surface area contributed by atoms with Gasteiger partial charge in [0.1, 0.15) is 53.2 Å². The van der Waals surface area contributed by atoms with E-state index in [2.05, 4.69) is 15.3 Å². The van der Waals surface area contributed by atoms with E-state index >= 15 is 0 Å². The van der Waals surface area contributed by atoms with E-state index in [9.17, 15) is 14.3 Å². The van der Waals surface area contributed by atoms with Gasteiger partial charge in [0.25, 0.3) is 0 Å². The second-order valence-corrected chi connectivity index (χ2v) is 10.8. The SMILES string of the molecule is COc1cc(C(=O)CC[C@](C)(O)c2cc3c(c(-c4ccc(F)cc4)n2)OC[C@]3(C)n2cnnc2)cc2cn(C)nc12. The molecular weight excluding hydrogens is 527 g/mol. The van der Waals surface area contributed by atoms with Crippen molar-refractivity contribution < 1.29 is 23.8 Å². The second-order valence-electron chi connectivity index (χ2n) is 10.8. The highest BCUT2D eigenvalue weighted by Gasteiger charge is 2.42. The molecule has 1 N–H and O–H groups in total. The summed E-state index contributed by atoms with van der Waals surface area (Å²) in [6.45, 7) is 3.92. The number of nitrogens with zero attached hydrogens (tertiary/aromatic N) is 6. The lowest BCUT2D eigenvalue weighted by molar-refractivity contribution is 0.0396. The molecule has 0 fully saturated rings. The largest absolute Gasteiger partial charge is 0.494 e. The molecule has 0 aliphatic carbocycles. The van der Waals surface area contributed by atoms with Crippen LogP contribution in [0.5, 0.6) is 11.5 Å². The zero-order valence-electron chi connectivity index (χ0n) is 23.1. The number of rotatable bonds is 8. The van der Waals surface area contributed by atoms with Gasteiger partial charge in [-0.1, -0.05) is 0 Å². The summed E-state index contributed by atoms with van der Waals surface area (Å²) in [5.41, 5.74) is 1.27. The van der Waals surface area contributed by atoms with Gasteiger partial charge in [0.2, 0.25) is 0 Å². The van der Waals surface area contributed by atoms with Gasteiger partial charge >= 0.3 is 0 Å². The van der Waals surface area contributed by atoms with Crippen LogP contribution in [0, 0.1) is 5.82 Å². The molecule has 5 aromatic rings. The van der Waals surface area contributed by atoms with E-state index in [-0.39, 0.29) is 24.4 Å². The van der Waals surface area contributed by atoms with Crippen molar-refractivity contribution in [2.45, 2.75) is 37.8 Å². The van der Waals surface area contributed by atoms with Gasteiger partial charge in [-0.2, -0.15) is 5.10 Å². The van der Waals surface area contributed by atoms with Crippen molar-refractivity contribution in [3.8, 4) is 22.8 Å². The second kappa shape index (κ2) is 9.77. The van der Waals surface area contributed by atoms with E-state index in [4.69, 9.17) is 14.5 Å².